The van der Waals surface area contributed by atoms with Gasteiger partial charge in [-0.05, 0) is 38.1 Å². The van der Waals surface area contributed by atoms with Crippen molar-refractivity contribution in [3.8, 4) is 0 Å². The molecule has 0 atom stereocenters. The lowest BCUT2D eigenvalue weighted by molar-refractivity contribution is -0.137. The Balaban J connectivity index is 1.87. The van der Waals surface area contributed by atoms with Gasteiger partial charge in [0, 0.05) is 30.0 Å². The third kappa shape index (κ3) is 4.82. The highest BCUT2D eigenvalue weighted by molar-refractivity contribution is 5.89. The molecule has 0 aliphatic heterocycles. The summed E-state index contributed by atoms with van der Waals surface area (Å²) >= 11 is 0. The number of nitrogens with one attached hydrogen (secondary N) is 2. The molecule has 2 amide bonds. The lowest BCUT2D eigenvalue weighted by Gasteiger charge is -2.11. The number of benzene rings is 1. The van der Waals surface area contributed by atoms with Crippen LogP contribution >= 0.6 is 0 Å². The van der Waals surface area contributed by atoms with Crippen LogP contribution in [0.4, 0.5) is 23.7 Å². The maximum atomic E-state index is 12.5. The Labute approximate surface area is 141 Å². The quantitative estimate of drug-likeness (QED) is 0.886. The molecule has 0 saturated heterocycles. The van der Waals surface area contributed by atoms with Crippen molar-refractivity contribution in [2.45, 2.75) is 26.6 Å². The van der Waals surface area contributed by atoms with Gasteiger partial charge in [0.2, 0.25) is 0 Å². The van der Waals surface area contributed by atoms with Crippen LogP contribution in [0.1, 0.15) is 16.8 Å². The van der Waals surface area contributed by atoms with Crippen molar-refractivity contribution in [1.82, 2.24) is 14.9 Å². The summed E-state index contributed by atoms with van der Waals surface area (Å²) in [5, 5.41) is 4.95. The Kier molecular flexibility index (Phi) is 5.45. The number of aryl methyl sites for hydroxylation is 1. The fourth-order valence-electron chi connectivity index (χ4n) is 2.04. The molecule has 0 aliphatic carbocycles. The van der Waals surface area contributed by atoms with Gasteiger partial charge in [0.05, 0.1) is 11.9 Å². The summed E-state index contributed by atoms with van der Waals surface area (Å²) in [5.74, 6) is 0. The molecule has 134 valence electrons. The Hall–Kier alpha value is -2.84. The molecule has 2 aromatic rings. The van der Waals surface area contributed by atoms with Gasteiger partial charge >= 0.3 is 12.2 Å². The number of hydrogen-bond donors (Lipinski definition) is 2. The third-order valence-corrected chi connectivity index (χ3v) is 3.62. The molecule has 0 aliphatic rings. The molecular weight excluding hydrogens is 337 g/mol. The van der Waals surface area contributed by atoms with Crippen LogP contribution in [0.15, 0.2) is 35.4 Å². The van der Waals surface area contributed by atoms with E-state index >= 15 is 0 Å². The fourth-order valence-corrected chi connectivity index (χ4v) is 2.04. The first-order chi connectivity index (χ1) is 11.7. The molecule has 0 unspecified atom stereocenters. The van der Waals surface area contributed by atoms with Crippen LogP contribution in [-0.4, -0.2) is 22.1 Å². The average Bonchev–Trinajstić information content (AvgIpc) is 2.54. The van der Waals surface area contributed by atoms with Crippen molar-refractivity contribution in [2.24, 2.45) is 0 Å². The molecule has 6 nitrogen and oxygen atoms in total. The number of alkyl halides is 3. The topological polar surface area (TPSA) is 76.0 Å². The molecule has 0 saturated carbocycles. The van der Waals surface area contributed by atoms with Gasteiger partial charge < -0.3 is 10.6 Å². The molecule has 1 aromatic heterocycles. The van der Waals surface area contributed by atoms with Crippen molar-refractivity contribution in [3.63, 3.8) is 0 Å². The molecule has 0 fully saturated rings. The van der Waals surface area contributed by atoms with Gasteiger partial charge in [-0.1, -0.05) is 0 Å². The van der Waals surface area contributed by atoms with Gasteiger partial charge in [0.15, 0.2) is 0 Å². The van der Waals surface area contributed by atoms with E-state index < -0.39 is 17.8 Å². The summed E-state index contributed by atoms with van der Waals surface area (Å²) in [6.45, 7) is 3.80. The summed E-state index contributed by atoms with van der Waals surface area (Å²) in [6.07, 6.45) is -3.02. The zero-order chi connectivity index (χ0) is 18.6. The zero-order valence-electron chi connectivity index (χ0n) is 13.6. The molecule has 25 heavy (non-hydrogen) atoms. The number of halogens is 3. The highest BCUT2D eigenvalue weighted by Crippen LogP contribution is 2.29. The number of anilines is 1. The van der Waals surface area contributed by atoms with Gasteiger partial charge in [0.25, 0.3) is 5.56 Å². The number of hydrogen-bond acceptors (Lipinski definition) is 3. The molecule has 2 rings (SSSR count). The largest absolute Gasteiger partial charge is 0.416 e. The number of nitrogens with zero attached hydrogens (tertiary/aromatic N) is 2. The lowest BCUT2D eigenvalue weighted by atomic mass is 10.2. The zero-order valence-corrected chi connectivity index (χ0v) is 13.6. The highest BCUT2D eigenvalue weighted by atomic mass is 19.4. The van der Waals surface area contributed by atoms with Gasteiger partial charge in [0.1, 0.15) is 0 Å². The average molecular weight is 354 g/mol. The van der Waals surface area contributed by atoms with E-state index in [9.17, 15) is 22.8 Å². The smallest absolute Gasteiger partial charge is 0.336 e. The Bertz CT molecular complexity index is 814. The predicted molar refractivity (Wildman–Crippen MR) is 86.4 cm³/mol. The summed E-state index contributed by atoms with van der Waals surface area (Å²) in [5.41, 5.74) is 0.444. The highest BCUT2D eigenvalue weighted by Gasteiger charge is 2.29. The van der Waals surface area contributed by atoms with Gasteiger partial charge in [-0.3, -0.25) is 9.36 Å². The van der Waals surface area contributed by atoms with Crippen molar-refractivity contribution >= 4 is 11.7 Å². The van der Waals surface area contributed by atoms with Crippen LogP contribution in [0, 0.1) is 13.8 Å². The first kappa shape index (κ1) is 18.5. The van der Waals surface area contributed by atoms with E-state index in [-0.39, 0.29) is 24.3 Å². The fraction of sp³-hybridized carbons (Fsp3) is 0.312. The third-order valence-electron chi connectivity index (χ3n) is 3.62. The van der Waals surface area contributed by atoms with Crippen molar-refractivity contribution in [2.75, 3.05) is 11.9 Å². The number of urea groups is 1. The number of carbonyl (C=O) groups excluding carboxylic acids is 1. The maximum Gasteiger partial charge on any atom is 0.416 e. The number of aromatic nitrogens is 2. The number of carbonyl (C=O) groups is 1. The molecular formula is C16H17F3N4O2. The normalized spacial score (nSPS) is 11.2. The summed E-state index contributed by atoms with van der Waals surface area (Å²) in [7, 11) is 0. The van der Waals surface area contributed by atoms with E-state index in [2.05, 4.69) is 15.6 Å². The van der Waals surface area contributed by atoms with E-state index in [1.807, 2.05) is 0 Å². The minimum absolute atomic E-state index is 0.163. The maximum absolute atomic E-state index is 12.5. The molecule has 2 N–H and O–H groups in total. The van der Waals surface area contributed by atoms with Crippen LogP contribution < -0.4 is 16.2 Å². The van der Waals surface area contributed by atoms with Crippen LogP contribution in [0.5, 0.6) is 0 Å². The number of amides is 2. The van der Waals surface area contributed by atoms with Crippen LogP contribution in [0.2, 0.25) is 0 Å². The van der Waals surface area contributed by atoms with E-state index in [1.165, 1.54) is 23.0 Å². The summed E-state index contributed by atoms with van der Waals surface area (Å²) in [6, 6.07) is 3.52. The number of rotatable bonds is 4. The Morgan fingerprint density at radius 1 is 1.20 bits per heavy atom. The molecule has 1 aromatic carbocycles. The molecule has 0 radical (unpaired) electrons. The summed E-state index contributed by atoms with van der Waals surface area (Å²) in [4.78, 5) is 27.8. The second kappa shape index (κ2) is 7.37. The van der Waals surface area contributed by atoms with Crippen LogP contribution in [-0.2, 0) is 12.7 Å². The summed E-state index contributed by atoms with van der Waals surface area (Å²) < 4.78 is 38.8. The second-order valence-electron chi connectivity index (χ2n) is 5.41. The van der Waals surface area contributed by atoms with E-state index in [4.69, 9.17) is 0 Å². The van der Waals surface area contributed by atoms with E-state index in [0.29, 0.717) is 11.3 Å². The van der Waals surface area contributed by atoms with Crippen molar-refractivity contribution in [1.29, 1.82) is 0 Å². The van der Waals surface area contributed by atoms with Crippen molar-refractivity contribution in [3.05, 3.63) is 57.8 Å². The van der Waals surface area contributed by atoms with E-state index in [1.54, 1.807) is 13.8 Å². The Morgan fingerprint density at radius 3 is 2.44 bits per heavy atom. The van der Waals surface area contributed by atoms with Gasteiger partial charge in [-0.2, -0.15) is 13.2 Å². The van der Waals surface area contributed by atoms with Crippen LogP contribution in [0.25, 0.3) is 0 Å². The van der Waals surface area contributed by atoms with Crippen LogP contribution in [0.3, 0.4) is 0 Å². The van der Waals surface area contributed by atoms with Gasteiger partial charge in [-0.25, -0.2) is 9.78 Å². The first-order valence-electron chi connectivity index (χ1n) is 7.43. The van der Waals surface area contributed by atoms with Gasteiger partial charge in [-0.15, -0.1) is 0 Å². The molecule has 9 heteroatoms. The monoisotopic (exact) mass is 354 g/mol. The second-order valence-corrected chi connectivity index (χ2v) is 5.41. The predicted octanol–water partition coefficient (Wildman–Crippen LogP) is 2.70. The first-order valence-corrected chi connectivity index (χ1v) is 7.43. The minimum atomic E-state index is -4.42. The SMILES string of the molecule is Cc1ncn(CCNC(=O)Nc2ccc(C(F)(F)F)cc2)c(=O)c1C. The lowest BCUT2D eigenvalue weighted by Crippen LogP contribution is -2.34. The minimum Gasteiger partial charge on any atom is -0.336 e. The Morgan fingerprint density at radius 2 is 1.84 bits per heavy atom. The van der Waals surface area contributed by atoms with Crippen molar-refractivity contribution < 1.29 is 18.0 Å². The molecule has 1 heterocycles. The molecule has 0 bridgehead atoms. The van der Waals surface area contributed by atoms with E-state index in [0.717, 1.165) is 12.1 Å². The molecule has 0 spiro atoms. The standard InChI is InChI=1S/C16H17F3N4O2/c1-10-11(2)21-9-23(14(10)24)8-7-20-15(25)22-13-5-3-12(4-6-13)16(17,18)19/h3-6,9H,7-8H2,1-2H3,(H2,20,22,25).